The topological polar surface area (TPSA) is 118 Å². The molecule has 4 atom stereocenters. The monoisotopic (exact) mass is 520 g/mol. The van der Waals surface area contributed by atoms with Gasteiger partial charge in [-0.2, -0.15) is 0 Å². The van der Waals surface area contributed by atoms with E-state index in [4.69, 9.17) is 14.5 Å². The highest BCUT2D eigenvalue weighted by Gasteiger charge is 2.67. The fraction of sp³-hybridized carbons (Fsp3) is 0.464. The third-order valence-electron chi connectivity index (χ3n) is 8.09. The molecule has 200 valence electrons. The minimum Gasteiger partial charge on any atom is -0.393 e. The lowest BCUT2D eigenvalue weighted by molar-refractivity contribution is -0.126. The van der Waals surface area contributed by atoms with E-state index in [0.717, 1.165) is 11.1 Å². The number of carbonyl (C=O) groups excluding carboxylic acids is 4. The van der Waals surface area contributed by atoms with Crippen molar-refractivity contribution in [1.82, 2.24) is 15.1 Å². The van der Waals surface area contributed by atoms with Crippen LogP contribution < -0.4 is 5.32 Å². The molecule has 10 heteroatoms. The second-order valence-electron chi connectivity index (χ2n) is 9.99. The maximum absolute atomic E-state index is 13.5. The summed E-state index contributed by atoms with van der Waals surface area (Å²) < 4.78 is 11.7. The molecule has 0 aromatic heterocycles. The summed E-state index contributed by atoms with van der Waals surface area (Å²) >= 11 is 0. The van der Waals surface area contributed by atoms with Gasteiger partial charge in [-0.1, -0.05) is 43.3 Å². The number of nitrogens with one attached hydrogen (secondary N) is 1. The molecule has 1 aliphatic carbocycles. The highest BCUT2D eigenvalue weighted by atomic mass is 16.6. The van der Waals surface area contributed by atoms with Gasteiger partial charge < -0.3 is 14.4 Å². The summed E-state index contributed by atoms with van der Waals surface area (Å²) in [5, 5.41) is 2.48. The Morgan fingerprint density at radius 1 is 1.16 bits per heavy atom. The molecule has 2 saturated heterocycles. The van der Waals surface area contributed by atoms with Crippen molar-refractivity contribution in [2.75, 3.05) is 13.1 Å². The van der Waals surface area contributed by atoms with Crippen molar-refractivity contribution in [1.29, 1.82) is 0 Å². The van der Waals surface area contributed by atoms with E-state index in [1.165, 1.54) is 9.80 Å². The van der Waals surface area contributed by atoms with Crippen LogP contribution in [-0.4, -0.2) is 58.3 Å². The Hall–Kier alpha value is -3.95. The molecule has 4 amide bonds. The van der Waals surface area contributed by atoms with Crippen LogP contribution in [0.1, 0.15) is 46.1 Å². The number of hydrogen-bond donors (Lipinski definition) is 1. The average Bonchev–Trinajstić information content (AvgIpc) is 3.35. The molecular weight excluding hydrogens is 488 g/mol. The molecule has 2 fully saturated rings. The minimum atomic E-state index is -1.29. The third-order valence-corrected chi connectivity index (χ3v) is 8.09. The van der Waals surface area contributed by atoms with Crippen molar-refractivity contribution in [2.45, 2.75) is 52.6 Å². The third kappa shape index (κ3) is 3.81. The number of cyclic esters (lactones) is 1. The Morgan fingerprint density at radius 2 is 1.87 bits per heavy atom. The van der Waals surface area contributed by atoms with Crippen LogP contribution in [-0.2, 0) is 25.6 Å². The Bertz CT molecular complexity index is 1280. The van der Waals surface area contributed by atoms with Crippen LogP contribution in [0.5, 0.6) is 0 Å². The number of aliphatic imine (C=N–C) groups is 1. The van der Waals surface area contributed by atoms with Gasteiger partial charge in [-0.25, -0.2) is 19.5 Å². The van der Waals surface area contributed by atoms with Gasteiger partial charge in [-0.05, 0) is 44.7 Å². The van der Waals surface area contributed by atoms with Crippen LogP contribution in [0.4, 0.5) is 9.59 Å². The van der Waals surface area contributed by atoms with E-state index in [1.54, 1.807) is 6.92 Å². The van der Waals surface area contributed by atoms with Crippen molar-refractivity contribution in [3.8, 4) is 0 Å². The van der Waals surface area contributed by atoms with Gasteiger partial charge in [-0.3, -0.25) is 14.9 Å². The van der Waals surface area contributed by atoms with Gasteiger partial charge in [0.2, 0.25) is 23.6 Å². The lowest BCUT2D eigenvalue weighted by Gasteiger charge is -2.49. The molecule has 0 bridgehead atoms. The normalized spacial score (nSPS) is 28.9. The Balaban J connectivity index is 1.68. The van der Waals surface area contributed by atoms with Gasteiger partial charge in [0.1, 0.15) is 5.54 Å². The number of hydrogen-bond acceptors (Lipinski definition) is 7. The standard InChI is InChI=1S/C28H32N4O6/c1-5-17-18-13-14-19-20(23(34)30-22(19)33)21(18)28(4)25(29-15-16-11-9-8-10-12-16)38-27(36)32(28)24(17)37-26(35)31(6-2)7-3/h8-13,19-21H,5-7,14-15H2,1-4H3,(H,30,33,34)/t19-,20-,21+,28+/m1/s1. The van der Waals surface area contributed by atoms with Crippen LogP contribution >= 0.6 is 0 Å². The maximum atomic E-state index is 13.5. The summed E-state index contributed by atoms with van der Waals surface area (Å²) in [6.07, 6.45) is 1.43. The molecule has 1 N–H and O–H groups in total. The maximum Gasteiger partial charge on any atom is 0.424 e. The molecule has 0 saturated carbocycles. The number of imide groups is 1. The quantitative estimate of drug-likeness (QED) is 0.571. The Labute approximate surface area is 221 Å². The smallest absolute Gasteiger partial charge is 0.393 e. The van der Waals surface area contributed by atoms with Crippen LogP contribution in [0.15, 0.2) is 58.4 Å². The van der Waals surface area contributed by atoms with E-state index in [0.29, 0.717) is 31.5 Å². The predicted molar refractivity (Wildman–Crippen MR) is 137 cm³/mol. The van der Waals surface area contributed by atoms with E-state index in [9.17, 15) is 19.2 Å². The number of carbonyl (C=O) groups is 4. The zero-order chi connectivity index (χ0) is 27.2. The first kappa shape index (κ1) is 25.7. The molecule has 0 spiro atoms. The molecule has 0 radical (unpaired) electrons. The Morgan fingerprint density at radius 3 is 2.53 bits per heavy atom. The van der Waals surface area contributed by atoms with Crippen LogP contribution in [0.2, 0.25) is 0 Å². The zero-order valence-electron chi connectivity index (χ0n) is 22.0. The summed E-state index contributed by atoms with van der Waals surface area (Å²) in [4.78, 5) is 59.9. The number of ether oxygens (including phenoxy) is 2. The summed E-state index contributed by atoms with van der Waals surface area (Å²) in [7, 11) is 0. The molecule has 3 aliphatic heterocycles. The number of nitrogens with zero attached hydrogens (tertiary/aromatic N) is 3. The summed E-state index contributed by atoms with van der Waals surface area (Å²) in [5.41, 5.74) is 1.05. The second-order valence-corrected chi connectivity index (χ2v) is 9.99. The molecular formula is C28H32N4O6. The van der Waals surface area contributed by atoms with E-state index in [2.05, 4.69) is 5.32 Å². The molecule has 0 unspecified atom stereocenters. The first-order valence-corrected chi connectivity index (χ1v) is 13.1. The van der Waals surface area contributed by atoms with Gasteiger partial charge in [0.05, 0.1) is 18.4 Å². The van der Waals surface area contributed by atoms with E-state index < -0.39 is 35.5 Å². The van der Waals surface area contributed by atoms with Crippen molar-refractivity contribution in [3.63, 3.8) is 0 Å². The number of benzene rings is 1. The van der Waals surface area contributed by atoms with Crippen molar-refractivity contribution in [2.24, 2.45) is 22.7 Å². The lowest BCUT2D eigenvalue weighted by atomic mass is 9.61. The van der Waals surface area contributed by atoms with E-state index in [-0.39, 0.29) is 30.1 Å². The van der Waals surface area contributed by atoms with Crippen LogP contribution in [0.3, 0.4) is 0 Å². The number of amides is 4. The van der Waals surface area contributed by atoms with Gasteiger partial charge in [0.15, 0.2) is 0 Å². The first-order valence-electron chi connectivity index (χ1n) is 13.1. The van der Waals surface area contributed by atoms with Crippen molar-refractivity contribution >= 4 is 29.9 Å². The van der Waals surface area contributed by atoms with E-state index >= 15 is 0 Å². The SMILES string of the molecule is CCC1=C(OC(=O)N(CC)CC)N2C(=O)OC(=NCc3ccccc3)[C@]2(C)[C@H]2C1=CC[C@H]1C(=O)NC(=O)[C@H]12. The zero-order valence-corrected chi connectivity index (χ0v) is 22.0. The highest BCUT2D eigenvalue weighted by molar-refractivity contribution is 6.08. The highest BCUT2D eigenvalue weighted by Crippen LogP contribution is 2.55. The molecule has 4 aliphatic rings. The number of allylic oxidation sites excluding steroid dienone is 2. The van der Waals surface area contributed by atoms with Crippen LogP contribution in [0, 0.1) is 17.8 Å². The number of rotatable bonds is 6. The molecule has 38 heavy (non-hydrogen) atoms. The van der Waals surface area contributed by atoms with Gasteiger partial charge in [0, 0.05) is 24.6 Å². The summed E-state index contributed by atoms with van der Waals surface area (Å²) in [6, 6.07) is 9.53. The lowest BCUT2D eigenvalue weighted by Crippen LogP contribution is -2.60. The average molecular weight is 521 g/mol. The van der Waals surface area contributed by atoms with Gasteiger partial charge in [-0.15, -0.1) is 0 Å². The van der Waals surface area contributed by atoms with Crippen LogP contribution in [0.25, 0.3) is 0 Å². The Kier molecular flexibility index (Phi) is 6.58. The van der Waals surface area contributed by atoms with Gasteiger partial charge >= 0.3 is 12.2 Å². The molecule has 5 rings (SSSR count). The van der Waals surface area contributed by atoms with Crippen molar-refractivity contribution in [3.05, 3.63) is 59.0 Å². The molecule has 10 nitrogen and oxygen atoms in total. The molecule has 1 aromatic rings. The summed E-state index contributed by atoms with van der Waals surface area (Å²) in [6.45, 7) is 8.49. The number of fused-ring (bicyclic) bond motifs is 5. The molecule has 1 aromatic carbocycles. The summed E-state index contributed by atoms with van der Waals surface area (Å²) in [5.74, 6) is -2.36. The van der Waals surface area contributed by atoms with Gasteiger partial charge in [0.25, 0.3) is 0 Å². The van der Waals surface area contributed by atoms with Crippen molar-refractivity contribution < 1.29 is 28.7 Å². The molecule has 3 heterocycles. The second kappa shape index (κ2) is 9.74. The largest absolute Gasteiger partial charge is 0.424 e. The predicted octanol–water partition coefficient (Wildman–Crippen LogP) is 3.74. The minimum absolute atomic E-state index is 0.0903. The fourth-order valence-electron chi connectivity index (χ4n) is 6.19. The van der Waals surface area contributed by atoms with E-state index in [1.807, 2.05) is 57.2 Å². The fourth-order valence-corrected chi connectivity index (χ4v) is 6.19. The first-order chi connectivity index (χ1) is 18.3.